The summed E-state index contributed by atoms with van der Waals surface area (Å²) in [5.74, 6) is 0. The lowest BCUT2D eigenvalue weighted by Gasteiger charge is -2.31. The van der Waals surface area contributed by atoms with Crippen LogP contribution in [0.1, 0.15) is 86.0 Å². The zero-order valence-corrected chi connectivity index (χ0v) is 14.5. The molecule has 2 nitrogen and oxygen atoms in total. The van der Waals surface area contributed by atoms with Crippen LogP contribution in [0.3, 0.4) is 0 Å². The smallest absolute Gasteiger partial charge is 0.0782 e. The zero-order chi connectivity index (χ0) is 15.4. The molecular formula is C18H37NO. The fourth-order valence-electron chi connectivity index (χ4n) is 2.64. The standard InChI is InChI=1S/C18H37NO/c1-6-8-9-10-11-12-13-14-15-19-17(16(3)7-2)18(4,5)20/h7,17,19-20H,6,8-15H2,1-5H3. The lowest BCUT2D eigenvalue weighted by atomic mass is 9.92. The minimum atomic E-state index is -0.698. The van der Waals surface area contributed by atoms with Crippen LogP contribution in [0, 0.1) is 0 Å². The third-order valence-electron chi connectivity index (χ3n) is 4.00. The Kier molecular flexibility index (Phi) is 11.1. The van der Waals surface area contributed by atoms with Crippen LogP contribution in [0.4, 0.5) is 0 Å². The number of rotatable bonds is 12. The molecule has 0 radical (unpaired) electrons. The Morgan fingerprint density at radius 1 is 1.05 bits per heavy atom. The van der Waals surface area contributed by atoms with E-state index in [9.17, 15) is 5.11 Å². The summed E-state index contributed by atoms with van der Waals surface area (Å²) in [6.07, 6.45) is 12.8. The minimum Gasteiger partial charge on any atom is -0.388 e. The van der Waals surface area contributed by atoms with Crippen molar-refractivity contribution in [2.24, 2.45) is 0 Å². The van der Waals surface area contributed by atoms with E-state index in [0.29, 0.717) is 0 Å². The van der Waals surface area contributed by atoms with Crippen molar-refractivity contribution in [1.82, 2.24) is 5.32 Å². The van der Waals surface area contributed by atoms with Crippen LogP contribution in [-0.2, 0) is 0 Å². The van der Waals surface area contributed by atoms with Crippen molar-refractivity contribution in [2.75, 3.05) is 6.54 Å². The van der Waals surface area contributed by atoms with Gasteiger partial charge in [-0.25, -0.2) is 0 Å². The summed E-state index contributed by atoms with van der Waals surface area (Å²) in [7, 11) is 0. The van der Waals surface area contributed by atoms with Crippen molar-refractivity contribution in [3.8, 4) is 0 Å². The Morgan fingerprint density at radius 3 is 2.00 bits per heavy atom. The fraction of sp³-hybridized carbons (Fsp3) is 0.889. The molecule has 0 aromatic heterocycles. The summed E-state index contributed by atoms with van der Waals surface area (Å²) in [5, 5.41) is 13.7. The van der Waals surface area contributed by atoms with Crippen LogP contribution >= 0.6 is 0 Å². The Hall–Kier alpha value is -0.340. The van der Waals surface area contributed by atoms with Gasteiger partial charge in [0.2, 0.25) is 0 Å². The average Bonchev–Trinajstić information content (AvgIpc) is 2.39. The molecule has 0 rings (SSSR count). The van der Waals surface area contributed by atoms with Gasteiger partial charge in [-0.15, -0.1) is 0 Å². The van der Waals surface area contributed by atoms with Crippen molar-refractivity contribution in [3.63, 3.8) is 0 Å². The van der Waals surface area contributed by atoms with Gasteiger partial charge in [0.15, 0.2) is 0 Å². The summed E-state index contributed by atoms with van der Waals surface area (Å²) in [6.45, 7) is 11.1. The second-order valence-electron chi connectivity index (χ2n) is 6.55. The van der Waals surface area contributed by atoms with Gasteiger partial charge in [0, 0.05) is 0 Å². The maximum Gasteiger partial charge on any atom is 0.0782 e. The van der Waals surface area contributed by atoms with Gasteiger partial charge >= 0.3 is 0 Å². The summed E-state index contributed by atoms with van der Waals surface area (Å²) < 4.78 is 0. The highest BCUT2D eigenvalue weighted by Crippen LogP contribution is 2.16. The maximum atomic E-state index is 10.2. The molecule has 20 heavy (non-hydrogen) atoms. The van der Waals surface area contributed by atoms with Gasteiger partial charge in [0.05, 0.1) is 11.6 Å². The van der Waals surface area contributed by atoms with Crippen molar-refractivity contribution in [3.05, 3.63) is 11.6 Å². The van der Waals surface area contributed by atoms with Gasteiger partial charge in [-0.05, 0) is 40.7 Å². The van der Waals surface area contributed by atoms with Crippen molar-refractivity contribution >= 4 is 0 Å². The van der Waals surface area contributed by atoms with Gasteiger partial charge in [-0.3, -0.25) is 0 Å². The number of hydrogen-bond acceptors (Lipinski definition) is 2. The number of unbranched alkanes of at least 4 members (excludes halogenated alkanes) is 7. The molecule has 1 unspecified atom stereocenters. The van der Waals surface area contributed by atoms with Crippen LogP contribution in [0.15, 0.2) is 11.6 Å². The molecule has 0 bridgehead atoms. The van der Waals surface area contributed by atoms with Gasteiger partial charge in [0.25, 0.3) is 0 Å². The maximum absolute atomic E-state index is 10.2. The quantitative estimate of drug-likeness (QED) is 0.397. The third-order valence-corrected chi connectivity index (χ3v) is 4.00. The summed E-state index contributed by atoms with van der Waals surface area (Å²) in [5.41, 5.74) is 0.522. The van der Waals surface area contributed by atoms with Crippen LogP contribution in [0.2, 0.25) is 0 Å². The highest BCUT2D eigenvalue weighted by atomic mass is 16.3. The molecule has 0 aliphatic rings. The van der Waals surface area contributed by atoms with E-state index >= 15 is 0 Å². The monoisotopic (exact) mass is 283 g/mol. The van der Waals surface area contributed by atoms with E-state index in [2.05, 4.69) is 25.2 Å². The van der Waals surface area contributed by atoms with Gasteiger partial charge in [0.1, 0.15) is 0 Å². The van der Waals surface area contributed by atoms with Crippen molar-refractivity contribution < 1.29 is 5.11 Å². The minimum absolute atomic E-state index is 0.0667. The second kappa shape index (κ2) is 11.3. The largest absolute Gasteiger partial charge is 0.388 e. The van der Waals surface area contributed by atoms with Gasteiger partial charge in [-0.2, -0.15) is 0 Å². The molecule has 0 heterocycles. The first-order valence-corrected chi connectivity index (χ1v) is 8.52. The normalized spacial score (nSPS) is 14.6. The van der Waals surface area contributed by atoms with E-state index in [1.165, 1.54) is 56.9 Å². The topological polar surface area (TPSA) is 32.3 Å². The Labute approximate surface area is 127 Å². The molecular weight excluding hydrogens is 246 g/mol. The molecule has 0 aromatic rings. The molecule has 2 heteroatoms. The first-order chi connectivity index (χ1) is 9.43. The van der Waals surface area contributed by atoms with Gasteiger partial charge < -0.3 is 10.4 Å². The molecule has 120 valence electrons. The van der Waals surface area contributed by atoms with E-state index < -0.39 is 5.60 Å². The Balaban J connectivity index is 3.70. The molecule has 0 fully saturated rings. The lowest BCUT2D eigenvalue weighted by Crippen LogP contribution is -2.47. The van der Waals surface area contributed by atoms with E-state index in [1.807, 2.05) is 20.8 Å². The van der Waals surface area contributed by atoms with Crippen LogP contribution in [-0.4, -0.2) is 23.3 Å². The number of allylic oxidation sites excluding steroid dienone is 1. The highest BCUT2D eigenvalue weighted by molar-refractivity contribution is 5.12. The fourth-order valence-corrected chi connectivity index (χ4v) is 2.64. The van der Waals surface area contributed by atoms with E-state index in [0.717, 1.165) is 6.54 Å². The van der Waals surface area contributed by atoms with E-state index in [4.69, 9.17) is 0 Å². The predicted octanol–water partition coefficient (Wildman–Crippen LogP) is 4.82. The van der Waals surface area contributed by atoms with E-state index in [1.54, 1.807) is 0 Å². The lowest BCUT2D eigenvalue weighted by molar-refractivity contribution is 0.0504. The molecule has 1 atom stereocenters. The summed E-state index contributed by atoms with van der Waals surface area (Å²) in [6, 6.07) is 0.0667. The van der Waals surface area contributed by atoms with Crippen molar-refractivity contribution in [2.45, 2.75) is 97.6 Å². The third kappa shape index (κ3) is 9.55. The molecule has 0 amide bonds. The predicted molar refractivity (Wildman–Crippen MR) is 90.1 cm³/mol. The molecule has 0 saturated carbocycles. The SMILES string of the molecule is CC=C(C)C(NCCCCCCCCCC)C(C)(C)O. The molecule has 0 saturated heterocycles. The molecule has 0 aliphatic heterocycles. The number of aliphatic hydroxyl groups is 1. The zero-order valence-electron chi connectivity index (χ0n) is 14.5. The number of nitrogens with one attached hydrogen (secondary N) is 1. The van der Waals surface area contributed by atoms with Crippen LogP contribution in [0.5, 0.6) is 0 Å². The van der Waals surface area contributed by atoms with Crippen LogP contribution in [0.25, 0.3) is 0 Å². The summed E-state index contributed by atoms with van der Waals surface area (Å²) in [4.78, 5) is 0. The highest BCUT2D eigenvalue weighted by Gasteiger charge is 2.26. The van der Waals surface area contributed by atoms with E-state index in [-0.39, 0.29) is 6.04 Å². The van der Waals surface area contributed by atoms with Crippen LogP contribution < -0.4 is 5.32 Å². The first-order valence-electron chi connectivity index (χ1n) is 8.52. The summed E-state index contributed by atoms with van der Waals surface area (Å²) >= 11 is 0. The molecule has 2 N–H and O–H groups in total. The molecule has 0 aliphatic carbocycles. The molecule has 0 aromatic carbocycles. The van der Waals surface area contributed by atoms with Gasteiger partial charge in [-0.1, -0.05) is 63.5 Å². The number of hydrogen-bond donors (Lipinski definition) is 2. The second-order valence-corrected chi connectivity index (χ2v) is 6.55. The molecule has 0 spiro atoms. The average molecular weight is 283 g/mol. The first kappa shape index (κ1) is 19.7. The van der Waals surface area contributed by atoms with Crippen molar-refractivity contribution in [1.29, 1.82) is 0 Å². The Morgan fingerprint density at radius 2 is 1.55 bits per heavy atom. The Bertz CT molecular complexity index is 253.